The first-order valence-electron chi connectivity index (χ1n) is 12.8. The summed E-state index contributed by atoms with van der Waals surface area (Å²) in [4.78, 5) is 33.0. The summed E-state index contributed by atoms with van der Waals surface area (Å²) in [6, 6.07) is 6.11. The number of hydrogen-bond acceptors (Lipinski definition) is 4. The second-order valence-electron chi connectivity index (χ2n) is 9.25. The molecule has 1 aromatic heterocycles. The standard InChI is InChI=1S/C27H37N5O2/c1-3-5-9-17-32-24-15-14-20(26(34)31(4-2)22-12-7-6-8-13-22)18-23(24)29-27(32)30-25(33)21-11-10-16-28-19-21/h10-11,14-15,18-19,22,28H,3-9,12-13,16-17H2,1-2H3,(H,29,30,33). The van der Waals surface area contributed by atoms with Gasteiger partial charge in [-0.3, -0.25) is 14.9 Å². The third kappa shape index (κ3) is 5.34. The molecule has 0 radical (unpaired) electrons. The van der Waals surface area contributed by atoms with Gasteiger partial charge in [0.05, 0.1) is 16.6 Å². The van der Waals surface area contributed by atoms with Crippen molar-refractivity contribution in [1.29, 1.82) is 0 Å². The van der Waals surface area contributed by atoms with E-state index in [4.69, 9.17) is 4.98 Å². The van der Waals surface area contributed by atoms with Crippen LogP contribution in [0.1, 0.15) is 75.6 Å². The highest BCUT2D eigenvalue weighted by atomic mass is 16.2. The predicted molar refractivity (Wildman–Crippen MR) is 137 cm³/mol. The number of fused-ring (bicyclic) bond motifs is 1. The van der Waals surface area contributed by atoms with Crippen molar-refractivity contribution in [2.45, 2.75) is 77.8 Å². The number of nitrogens with one attached hydrogen (secondary N) is 2. The number of benzene rings is 1. The summed E-state index contributed by atoms with van der Waals surface area (Å²) in [5, 5.41) is 6.06. The first-order valence-corrected chi connectivity index (χ1v) is 12.8. The van der Waals surface area contributed by atoms with E-state index in [9.17, 15) is 9.59 Å². The van der Waals surface area contributed by atoms with Crippen molar-refractivity contribution < 1.29 is 9.59 Å². The van der Waals surface area contributed by atoms with Gasteiger partial charge in [-0.2, -0.15) is 0 Å². The second kappa shape index (κ2) is 11.4. The largest absolute Gasteiger partial charge is 0.387 e. The van der Waals surface area contributed by atoms with Crippen LogP contribution in [0, 0.1) is 0 Å². The number of aromatic nitrogens is 2. The molecule has 2 heterocycles. The molecule has 0 atom stereocenters. The zero-order valence-corrected chi connectivity index (χ0v) is 20.5. The molecule has 182 valence electrons. The molecule has 1 aliphatic carbocycles. The molecular formula is C27H37N5O2. The minimum absolute atomic E-state index is 0.0750. The van der Waals surface area contributed by atoms with Crippen LogP contribution in [0.5, 0.6) is 0 Å². The number of carbonyl (C=O) groups is 2. The molecule has 1 aromatic carbocycles. The lowest BCUT2D eigenvalue weighted by molar-refractivity contribution is -0.112. The summed E-state index contributed by atoms with van der Waals surface area (Å²) < 4.78 is 2.07. The summed E-state index contributed by atoms with van der Waals surface area (Å²) in [5.74, 6) is 0.410. The molecule has 1 fully saturated rings. The lowest BCUT2D eigenvalue weighted by atomic mass is 9.93. The summed E-state index contributed by atoms with van der Waals surface area (Å²) in [6.45, 7) is 6.44. The van der Waals surface area contributed by atoms with Crippen molar-refractivity contribution in [3.63, 3.8) is 0 Å². The van der Waals surface area contributed by atoms with Crippen molar-refractivity contribution in [2.24, 2.45) is 0 Å². The number of hydrogen-bond donors (Lipinski definition) is 2. The minimum atomic E-state index is -0.193. The molecule has 7 nitrogen and oxygen atoms in total. The van der Waals surface area contributed by atoms with E-state index in [-0.39, 0.29) is 11.8 Å². The number of amides is 2. The molecule has 4 rings (SSSR count). The number of carbonyl (C=O) groups excluding carboxylic acids is 2. The van der Waals surface area contributed by atoms with Gasteiger partial charge in [0.25, 0.3) is 11.8 Å². The van der Waals surface area contributed by atoms with E-state index in [1.165, 1.54) is 19.3 Å². The average Bonchev–Trinajstić information content (AvgIpc) is 3.21. The quantitative estimate of drug-likeness (QED) is 0.513. The van der Waals surface area contributed by atoms with E-state index >= 15 is 0 Å². The number of unbranched alkanes of at least 4 members (excludes halogenated alkanes) is 2. The maximum atomic E-state index is 13.4. The molecule has 0 bridgehead atoms. The van der Waals surface area contributed by atoms with Crippen molar-refractivity contribution in [2.75, 3.05) is 18.4 Å². The Morgan fingerprint density at radius 3 is 2.71 bits per heavy atom. The Morgan fingerprint density at radius 1 is 1.18 bits per heavy atom. The van der Waals surface area contributed by atoms with Crippen molar-refractivity contribution in [1.82, 2.24) is 19.8 Å². The van der Waals surface area contributed by atoms with Crippen molar-refractivity contribution >= 4 is 28.8 Å². The Kier molecular flexibility index (Phi) is 8.03. The van der Waals surface area contributed by atoms with E-state index in [0.717, 1.165) is 56.2 Å². The molecule has 1 aliphatic heterocycles. The lowest BCUT2D eigenvalue weighted by Crippen LogP contribution is -2.41. The molecule has 0 spiro atoms. The van der Waals surface area contributed by atoms with Gasteiger partial charge < -0.3 is 14.8 Å². The second-order valence-corrected chi connectivity index (χ2v) is 9.25. The van der Waals surface area contributed by atoms with Crippen LogP contribution >= 0.6 is 0 Å². The smallest absolute Gasteiger partial charge is 0.259 e. The molecule has 0 unspecified atom stereocenters. The third-order valence-corrected chi connectivity index (χ3v) is 6.88. The zero-order chi connectivity index (χ0) is 23.9. The van der Waals surface area contributed by atoms with Gasteiger partial charge in [0.2, 0.25) is 5.95 Å². The molecule has 2 aliphatic rings. The lowest BCUT2D eigenvalue weighted by Gasteiger charge is -2.33. The van der Waals surface area contributed by atoms with Crippen LogP contribution in [-0.4, -0.2) is 45.4 Å². The predicted octanol–water partition coefficient (Wildman–Crippen LogP) is 5.00. The number of anilines is 1. The zero-order valence-electron chi connectivity index (χ0n) is 20.5. The SMILES string of the molecule is CCCCCn1c(NC(=O)C2=CNCC=C2)nc2cc(C(=O)N(CC)C3CCCCC3)ccc21. The highest BCUT2D eigenvalue weighted by molar-refractivity contribution is 6.06. The molecule has 7 heteroatoms. The number of rotatable bonds is 9. The number of nitrogens with zero attached hydrogens (tertiary/aromatic N) is 3. The summed E-state index contributed by atoms with van der Waals surface area (Å²) in [5.41, 5.74) is 2.91. The Hall–Kier alpha value is -3.09. The van der Waals surface area contributed by atoms with E-state index in [0.29, 0.717) is 29.7 Å². The van der Waals surface area contributed by atoms with Gasteiger partial charge >= 0.3 is 0 Å². The van der Waals surface area contributed by atoms with Gasteiger partial charge in [0.1, 0.15) is 0 Å². The molecule has 2 N–H and O–H groups in total. The first kappa shape index (κ1) is 24.0. The summed E-state index contributed by atoms with van der Waals surface area (Å²) in [7, 11) is 0. The third-order valence-electron chi connectivity index (χ3n) is 6.88. The fourth-order valence-electron chi connectivity index (χ4n) is 5.02. The Morgan fingerprint density at radius 2 is 2.00 bits per heavy atom. The maximum Gasteiger partial charge on any atom is 0.259 e. The van der Waals surface area contributed by atoms with Crippen molar-refractivity contribution in [3.8, 4) is 0 Å². The monoisotopic (exact) mass is 463 g/mol. The molecular weight excluding hydrogens is 426 g/mol. The van der Waals surface area contributed by atoms with E-state index in [1.807, 2.05) is 35.3 Å². The van der Waals surface area contributed by atoms with Crippen molar-refractivity contribution in [3.05, 3.63) is 47.7 Å². The van der Waals surface area contributed by atoms with E-state index in [1.54, 1.807) is 6.20 Å². The van der Waals surface area contributed by atoms with Gasteiger partial charge in [-0.1, -0.05) is 51.2 Å². The van der Waals surface area contributed by atoms with E-state index in [2.05, 4.69) is 29.0 Å². The van der Waals surface area contributed by atoms with Crippen LogP contribution in [0.4, 0.5) is 5.95 Å². The minimum Gasteiger partial charge on any atom is -0.387 e. The molecule has 2 amide bonds. The van der Waals surface area contributed by atoms with Crippen LogP contribution < -0.4 is 10.6 Å². The highest BCUT2D eigenvalue weighted by Gasteiger charge is 2.26. The normalized spacial score (nSPS) is 16.2. The van der Waals surface area contributed by atoms with Crippen LogP contribution in [0.25, 0.3) is 11.0 Å². The number of aryl methyl sites for hydroxylation is 1. The van der Waals surface area contributed by atoms with E-state index < -0.39 is 0 Å². The average molecular weight is 464 g/mol. The van der Waals surface area contributed by atoms with Gasteiger partial charge in [0.15, 0.2) is 0 Å². The van der Waals surface area contributed by atoms with Gasteiger partial charge in [-0.05, 0) is 44.4 Å². The molecule has 2 aromatic rings. The molecule has 34 heavy (non-hydrogen) atoms. The first-order chi connectivity index (χ1) is 16.6. The fraction of sp³-hybridized carbons (Fsp3) is 0.519. The van der Waals surface area contributed by atoms with Crippen LogP contribution in [0.15, 0.2) is 42.1 Å². The Labute approximate surface area is 202 Å². The number of dihydropyridines is 1. The number of imidazole rings is 1. The van der Waals surface area contributed by atoms with Crippen LogP contribution in [0.2, 0.25) is 0 Å². The summed E-state index contributed by atoms with van der Waals surface area (Å²) >= 11 is 0. The van der Waals surface area contributed by atoms with Crippen LogP contribution in [0.3, 0.4) is 0 Å². The maximum absolute atomic E-state index is 13.4. The topological polar surface area (TPSA) is 79.3 Å². The van der Waals surface area contributed by atoms with Gasteiger partial charge in [-0.25, -0.2) is 4.98 Å². The molecule has 0 saturated heterocycles. The Bertz CT molecular complexity index is 1080. The summed E-state index contributed by atoms with van der Waals surface area (Å²) in [6.07, 6.45) is 14.5. The van der Waals surface area contributed by atoms with Gasteiger partial charge in [0, 0.05) is 37.4 Å². The fourth-order valence-corrected chi connectivity index (χ4v) is 5.02. The molecule has 1 saturated carbocycles. The van der Waals surface area contributed by atoms with Crippen LogP contribution in [-0.2, 0) is 11.3 Å². The highest BCUT2D eigenvalue weighted by Crippen LogP contribution is 2.26. The van der Waals surface area contributed by atoms with Gasteiger partial charge in [-0.15, -0.1) is 0 Å². The Balaban J connectivity index is 1.62.